The van der Waals surface area contributed by atoms with E-state index in [1.165, 1.54) is 0 Å². The Balaban J connectivity index is 2.36. The Morgan fingerprint density at radius 1 is 1.36 bits per heavy atom. The lowest BCUT2D eigenvalue weighted by atomic mass is 10.2. The summed E-state index contributed by atoms with van der Waals surface area (Å²) in [5, 5.41) is 0. The summed E-state index contributed by atoms with van der Waals surface area (Å²) in [6.45, 7) is 0.576. The lowest BCUT2D eigenvalue weighted by Gasteiger charge is -2.16. The van der Waals surface area contributed by atoms with Crippen LogP contribution < -0.4 is 11.5 Å². The molecule has 76 valence electrons. The van der Waals surface area contributed by atoms with E-state index < -0.39 is 0 Å². The minimum atomic E-state index is 0.576. The van der Waals surface area contributed by atoms with Gasteiger partial charge in [-0.2, -0.15) is 11.8 Å². The van der Waals surface area contributed by atoms with Gasteiger partial charge in [0, 0.05) is 17.7 Å². The summed E-state index contributed by atoms with van der Waals surface area (Å²) >= 11 is 1.89. The average Bonchev–Trinajstić information content (AvgIpc) is 2.18. The van der Waals surface area contributed by atoms with Gasteiger partial charge in [0.15, 0.2) is 0 Å². The quantitative estimate of drug-likeness (QED) is 0.736. The molecule has 1 aliphatic heterocycles. The predicted molar refractivity (Wildman–Crippen MR) is 59.1 cm³/mol. The fourth-order valence-electron chi connectivity index (χ4n) is 1.55. The molecule has 0 spiro atoms. The highest BCUT2D eigenvalue weighted by molar-refractivity contribution is 7.98. The third kappa shape index (κ3) is 1.83. The van der Waals surface area contributed by atoms with Gasteiger partial charge < -0.3 is 11.5 Å². The van der Waals surface area contributed by atoms with Gasteiger partial charge in [0.1, 0.15) is 11.6 Å². The zero-order valence-electron chi connectivity index (χ0n) is 7.99. The Kier molecular flexibility index (Phi) is 2.88. The van der Waals surface area contributed by atoms with Crippen LogP contribution in [0.2, 0.25) is 0 Å². The van der Waals surface area contributed by atoms with Crippen molar-refractivity contribution in [3.8, 4) is 0 Å². The smallest absolute Gasteiger partial charge is 0.132 e. The van der Waals surface area contributed by atoms with E-state index in [1.807, 2.05) is 11.8 Å². The third-order valence-electron chi connectivity index (χ3n) is 2.27. The molecule has 2 rings (SSSR count). The molecule has 0 aromatic carbocycles. The summed E-state index contributed by atoms with van der Waals surface area (Å²) in [6, 6.07) is 0. The monoisotopic (exact) mass is 210 g/mol. The first-order valence-corrected chi connectivity index (χ1v) is 5.88. The van der Waals surface area contributed by atoms with Crippen molar-refractivity contribution in [2.75, 3.05) is 18.0 Å². The third-order valence-corrected chi connectivity index (χ3v) is 3.25. The summed E-state index contributed by atoms with van der Waals surface area (Å²) in [5.74, 6) is 3.51. The number of thioether (sulfide) groups is 1. The van der Waals surface area contributed by atoms with Crippen molar-refractivity contribution in [3.63, 3.8) is 0 Å². The molecule has 0 atom stereocenters. The van der Waals surface area contributed by atoms with Crippen molar-refractivity contribution in [1.29, 1.82) is 0 Å². The van der Waals surface area contributed by atoms with Gasteiger partial charge in [-0.1, -0.05) is 0 Å². The van der Waals surface area contributed by atoms with Crippen LogP contribution in [-0.4, -0.2) is 22.3 Å². The second-order valence-electron chi connectivity index (χ2n) is 3.29. The van der Waals surface area contributed by atoms with Gasteiger partial charge in [0.05, 0.1) is 5.69 Å². The van der Waals surface area contributed by atoms with Crippen LogP contribution >= 0.6 is 11.8 Å². The molecule has 4 N–H and O–H groups in total. The van der Waals surface area contributed by atoms with Crippen LogP contribution in [0.4, 0.5) is 5.82 Å². The van der Waals surface area contributed by atoms with E-state index in [-0.39, 0.29) is 0 Å². The summed E-state index contributed by atoms with van der Waals surface area (Å²) in [6.07, 6.45) is 1.72. The van der Waals surface area contributed by atoms with Crippen LogP contribution in [0.25, 0.3) is 0 Å². The number of fused-ring (bicyclic) bond motifs is 1. The SMILES string of the molecule is NCCc1nc(N)c2c(n1)CCSC2. The van der Waals surface area contributed by atoms with Gasteiger partial charge in [-0.3, -0.25) is 0 Å². The van der Waals surface area contributed by atoms with Gasteiger partial charge in [-0.25, -0.2) is 9.97 Å². The fourth-order valence-corrected chi connectivity index (χ4v) is 2.55. The first-order chi connectivity index (χ1) is 6.81. The zero-order chi connectivity index (χ0) is 9.97. The number of hydrogen-bond donors (Lipinski definition) is 2. The van der Waals surface area contributed by atoms with Crippen molar-refractivity contribution in [1.82, 2.24) is 9.97 Å². The van der Waals surface area contributed by atoms with Crippen LogP contribution in [0, 0.1) is 0 Å². The molecule has 5 heteroatoms. The van der Waals surface area contributed by atoms with Gasteiger partial charge >= 0.3 is 0 Å². The number of rotatable bonds is 2. The van der Waals surface area contributed by atoms with Crippen molar-refractivity contribution >= 4 is 17.6 Å². The molecule has 0 saturated carbocycles. The number of aryl methyl sites for hydroxylation is 1. The molecule has 0 amide bonds. The zero-order valence-corrected chi connectivity index (χ0v) is 8.81. The first kappa shape index (κ1) is 9.73. The van der Waals surface area contributed by atoms with Gasteiger partial charge in [-0.15, -0.1) is 0 Å². The normalized spacial score (nSPS) is 15.2. The number of nitrogens with two attached hydrogens (primary N) is 2. The molecule has 0 saturated heterocycles. The molecule has 1 aliphatic rings. The van der Waals surface area contributed by atoms with E-state index in [0.29, 0.717) is 18.8 Å². The number of nitrogen functional groups attached to an aromatic ring is 1. The number of hydrogen-bond acceptors (Lipinski definition) is 5. The topological polar surface area (TPSA) is 77.8 Å². The second-order valence-corrected chi connectivity index (χ2v) is 4.40. The molecule has 4 nitrogen and oxygen atoms in total. The summed E-state index contributed by atoms with van der Waals surface area (Å²) in [7, 11) is 0. The number of nitrogens with zero attached hydrogens (tertiary/aromatic N) is 2. The molecular formula is C9H14N4S. The standard InChI is InChI=1S/C9H14N4S/c10-3-1-8-12-7-2-4-14-5-6(7)9(11)13-8/h1-5,10H2,(H2,11,12,13). The van der Waals surface area contributed by atoms with E-state index in [0.717, 1.165) is 35.0 Å². The van der Waals surface area contributed by atoms with Gasteiger partial charge in [0.2, 0.25) is 0 Å². The number of aromatic nitrogens is 2. The molecule has 0 bridgehead atoms. The maximum absolute atomic E-state index is 5.87. The highest BCUT2D eigenvalue weighted by atomic mass is 32.2. The Morgan fingerprint density at radius 2 is 2.21 bits per heavy atom. The van der Waals surface area contributed by atoms with Crippen LogP contribution in [-0.2, 0) is 18.6 Å². The van der Waals surface area contributed by atoms with E-state index in [9.17, 15) is 0 Å². The molecule has 1 aromatic rings. The van der Waals surface area contributed by atoms with E-state index >= 15 is 0 Å². The summed E-state index contributed by atoms with van der Waals surface area (Å²) < 4.78 is 0. The minimum Gasteiger partial charge on any atom is -0.383 e. The molecule has 0 fully saturated rings. The Bertz CT molecular complexity index is 340. The minimum absolute atomic E-state index is 0.576. The van der Waals surface area contributed by atoms with Crippen LogP contribution in [0.3, 0.4) is 0 Å². The van der Waals surface area contributed by atoms with E-state index in [4.69, 9.17) is 11.5 Å². The lowest BCUT2D eigenvalue weighted by Crippen LogP contribution is -2.15. The average molecular weight is 210 g/mol. The molecule has 0 radical (unpaired) electrons. The maximum atomic E-state index is 5.87. The van der Waals surface area contributed by atoms with Crippen molar-refractivity contribution < 1.29 is 0 Å². The van der Waals surface area contributed by atoms with E-state index in [1.54, 1.807) is 0 Å². The highest BCUT2D eigenvalue weighted by Gasteiger charge is 2.15. The molecular weight excluding hydrogens is 196 g/mol. The summed E-state index contributed by atoms with van der Waals surface area (Å²) in [5.41, 5.74) is 13.6. The van der Waals surface area contributed by atoms with Crippen LogP contribution in [0.15, 0.2) is 0 Å². The maximum Gasteiger partial charge on any atom is 0.132 e. The van der Waals surface area contributed by atoms with E-state index in [2.05, 4.69) is 9.97 Å². The lowest BCUT2D eigenvalue weighted by molar-refractivity contribution is 0.831. The van der Waals surface area contributed by atoms with Gasteiger partial charge in [0.25, 0.3) is 0 Å². The second kappa shape index (κ2) is 4.14. The Morgan fingerprint density at radius 3 is 3.00 bits per heavy atom. The predicted octanol–water partition coefficient (Wildman–Crippen LogP) is 0.349. The molecule has 1 aromatic heterocycles. The van der Waals surface area contributed by atoms with Crippen LogP contribution in [0.5, 0.6) is 0 Å². The fraction of sp³-hybridized carbons (Fsp3) is 0.556. The van der Waals surface area contributed by atoms with Gasteiger partial charge in [-0.05, 0) is 18.7 Å². The summed E-state index contributed by atoms with van der Waals surface area (Å²) in [4.78, 5) is 8.73. The van der Waals surface area contributed by atoms with Crippen molar-refractivity contribution in [2.45, 2.75) is 18.6 Å². The van der Waals surface area contributed by atoms with Crippen molar-refractivity contribution in [2.24, 2.45) is 5.73 Å². The largest absolute Gasteiger partial charge is 0.383 e. The molecule has 0 unspecified atom stereocenters. The number of anilines is 1. The first-order valence-electron chi connectivity index (χ1n) is 4.73. The highest BCUT2D eigenvalue weighted by Crippen LogP contribution is 2.26. The molecule has 0 aliphatic carbocycles. The van der Waals surface area contributed by atoms with Crippen molar-refractivity contribution in [3.05, 3.63) is 17.1 Å². The Hall–Kier alpha value is -0.810. The molecule has 2 heterocycles. The Labute approximate surface area is 87.5 Å². The molecule has 14 heavy (non-hydrogen) atoms. The van der Waals surface area contributed by atoms with Crippen LogP contribution in [0.1, 0.15) is 17.1 Å².